The van der Waals surface area contributed by atoms with E-state index in [4.69, 9.17) is 14.3 Å². The van der Waals surface area contributed by atoms with Gasteiger partial charge in [0.15, 0.2) is 0 Å². The largest absolute Gasteiger partial charge is 0.496 e. The zero-order valence-corrected chi connectivity index (χ0v) is 13.9. The maximum Gasteiger partial charge on any atom is 0.416 e. The standard InChI is InChI=1S/C17H17F3N2O3/c1-11-7-12(17(18,19)20)8-13(22-11)9-21-25-10-14-15(23-2)5-4-6-16(14)24-3/h4-9H,10H2,1-3H3/b21-9+. The van der Waals surface area contributed by atoms with Crippen LogP contribution in [0.25, 0.3) is 0 Å². The topological polar surface area (TPSA) is 52.9 Å². The fraction of sp³-hybridized carbons (Fsp3) is 0.294. The van der Waals surface area contributed by atoms with Crippen LogP contribution in [0.15, 0.2) is 35.5 Å². The van der Waals surface area contributed by atoms with Gasteiger partial charge in [-0.05, 0) is 31.2 Å². The van der Waals surface area contributed by atoms with Crippen molar-refractivity contribution in [3.05, 3.63) is 52.8 Å². The average molecular weight is 354 g/mol. The van der Waals surface area contributed by atoms with Crippen LogP contribution in [0.3, 0.4) is 0 Å². The smallest absolute Gasteiger partial charge is 0.416 e. The minimum atomic E-state index is -4.44. The number of aryl methyl sites for hydroxylation is 1. The monoisotopic (exact) mass is 354 g/mol. The van der Waals surface area contributed by atoms with E-state index in [1.165, 1.54) is 21.1 Å². The molecule has 134 valence electrons. The van der Waals surface area contributed by atoms with Crippen molar-refractivity contribution in [2.75, 3.05) is 14.2 Å². The molecule has 0 N–H and O–H groups in total. The van der Waals surface area contributed by atoms with Gasteiger partial charge in [-0.2, -0.15) is 13.2 Å². The number of hydrogen-bond donors (Lipinski definition) is 0. The van der Waals surface area contributed by atoms with Crippen LogP contribution >= 0.6 is 0 Å². The fourth-order valence-electron chi connectivity index (χ4n) is 2.19. The fourth-order valence-corrected chi connectivity index (χ4v) is 2.19. The van der Waals surface area contributed by atoms with Gasteiger partial charge in [0.05, 0.1) is 37.3 Å². The van der Waals surface area contributed by atoms with Crippen LogP contribution in [0.4, 0.5) is 13.2 Å². The first-order valence-corrected chi connectivity index (χ1v) is 7.26. The van der Waals surface area contributed by atoms with Crippen molar-refractivity contribution in [1.29, 1.82) is 0 Å². The summed E-state index contributed by atoms with van der Waals surface area (Å²) in [5, 5.41) is 3.69. The van der Waals surface area contributed by atoms with Crippen molar-refractivity contribution < 1.29 is 27.5 Å². The number of hydrogen-bond acceptors (Lipinski definition) is 5. The van der Waals surface area contributed by atoms with Gasteiger partial charge in [-0.15, -0.1) is 0 Å². The van der Waals surface area contributed by atoms with Gasteiger partial charge in [0, 0.05) is 5.69 Å². The summed E-state index contributed by atoms with van der Waals surface area (Å²) in [5.41, 5.74) is 0.146. The van der Waals surface area contributed by atoms with E-state index >= 15 is 0 Å². The molecule has 8 heteroatoms. The molecule has 0 aliphatic heterocycles. The minimum absolute atomic E-state index is 0.0294. The normalized spacial score (nSPS) is 11.6. The number of pyridine rings is 1. The van der Waals surface area contributed by atoms with Crippen molar-refractivity contribution in [3.8, 4) is 11.5 Å². The molecule has 0 atom stereocenters. The number of benzene rings is 1. The quantitative estimate of drug-likeness (QED) is 0.582. The van der Waals surface area contributed by atoms with Crippen LogP contribution in [0.2, 0.25) is 0 Å². The van der Waals surface area contributed by atoms with Crippen LogP contribution in [-0.2, 0) is 17.6 Å². The molecule has 0 bridgehead atoms. The second-order valence-corrected chi connectivity index (χ2v) is 5.07. The Morgan fingerprint density at radius 3 is 2.32 bits per heavy atom. The lowest BCUT2D eigenvalue weighted by atomic mass is 10.2. The Hall–Kier alpha value is -2.77. The number of aromatic nitrogens is 1. The first-order valence-electron chi connectivity index (χ1n) is 7.26. The van der Waals surface area contributed by atoms with Gasteiger partial charge in [0.2, 0.25) is 0 Å². The molecular weight excluding hydrogens is 337 g/mol. The Morgan fingerprint density at radius 2 is 1.76 bits per heavy atom. The minimum Gasteiger partial charge on any atom is -0.496 e. The molecule has 0 aliphatic carbocycles. The second kappa shape index (κ2) is 7.87. The molecule has 0 radical (unpaired) electrons. The van der Waals surface area contributed by atoms with Crippen molar-refractivity contribution >= 4 is 6.21 Å². The zero-order valence-electron chi connectivity index (χ0n) is 13.9. The van der Waals surface area contributed by atoms with Gasteiger partial charge >= 0.3 is 6.18 Å². The molecule has 0 saturated carbocycles. The molecule has 0 amide bonds. The second-order valence-electron chi connectivity index (χ2n) is 5.07. The summed E-state index contributed by atoms with van der Waals surface area (Å²) in [5.74, 6) is 1.12. The molecule has 1 aromatic carbocycles. The number of ether oxygens (including phenoxy) is 2. The summed E-state index contributed by atoms with van der Waals surface area (Å²) in [4.78, 5) is 9.14. The van der Waals surface area contributed by atoms with E-state index in [9.17, 15) is 13.2 Å². The van der Waals surface area contributed by atoms with E-state index < -0.39 is 11.7 Å². The summed E-state index contributed by atoms with van der Waals surface area (Å²) < 4.78 is 48.8. The highest BCUT2D eigenvalue weighted by Gasteiger charge is 2.31. The zero-order chi connectivity index (χ0) is 18.4. The van der Waals surface area contributed by atoms with Gasteiger partial charge in [-0.3, -0.25) is 4.98 Å². The number of oxime groups is 1. The Morgan fingerprint density at radius 1 is 1.12 bits per heavy atom. The van der Waals surface area contributed by atoms with Crippen molar-refractivity contribution in [2.45, 2.75) is 19.7 Å². The third-order valence-electron chi connectivity index (χ3n) is 3.30. The number of methoxy groups -OCH3 is 2. The molecule has 1 aromatic heterocycles. The third-order valence-corrected chi connectivity index (χ3v) is 3.30. The van der Waals surface area contributed by atoms with Gasteiger partial charge in [0.25, 0.3) is 0 Å². The van der Waals surface area contributed by atoms with E-state index in [1.807, 2.05) is 0 Å². The van der Waals surface area contributed by atoms with E-state index in [-0.39, 0.29) is 18.0 Å². The van der Waals surface area contributed by atoms with E-state index in [1.54, 1.807) is 18.2 Å². The SMILES string of the molecule is COc1cccc(OC)c1CO/N=C/c1cc(C(F)(F)F)cc(C)n1. The maximum atomic E-state index is 12.8. The van der Waals surface area contributed by atoms with Crippen LogP contribution < -0.4 is 9.47 Å². The molecular formula is C17H17F3N2O3. The molecule has 0 spiro atoms. The van der Waals surface area contributed by atoms with E-state index in [2.05, 4.69) is 10.1 Å². The van der Waals surface area contributed by atoms with E-state index in [0.29, 0.717) is 17.1 Å². The molecule has 2 aromatic rings. The van der Waals surface area contributed by atoms with E-state index in [0.717, 1.165) is 18.3 Å². The van der Waals surface area contributed by atoms with Crippen LogP contribution in [0, 0.1) is 6.92 Å². The van der Waals surface area contributed by atoms with Crippen molar-refractivity contribution in [1.82, 2.24) is 4.98 Å². The molecule has 2 rings (SSSR count). The van der Waals surface area contributed by atoms with Crippen molar-refractivity contribution in [3.63, 3.8) is 0 Å². The summed E-state index contributed by atoms with van der Waals surface area (Å²) in [7, 11) is 3.02. The number of halogens is 3. The third kappa shape index (κ3) is 4.85. The van der Waals surface area contributed by atoms with Gasteiger partial charge < -0.3 is 14.3 Å². The predicted molar refractivity (Wildman–Crippen MR) is 85.9 cm³/mol. The lowest BCUT2D eigenvalue weighted by Crippen LogP contribution is -2.07. The first-order chi connectivity index (χ1) is 11.8. The Kier molecular flexibility index (Phi) is 5.84. The Balaban J connectivity index is 2.12. The lowest BCUT2D eigenvalue weighted by molar-refractivity contribution is -0.137. The van der Waals surface area contributed by atoms with Crippen molar-refractivity contribution in [2.24, 2.45) is 5.16 Å². The number of rotatable bonds is 6. The molecule has 0 unspecified atom stereocenters. The molecule has 5 nitrogen and oxygen atoms in total. The first kappa shape index (κ1) is 18.6. The summed E-state index contributed by atoms with van der Waals surface area (Å²) in [6.07, 6.45) is -3.31. The summed E-state index contributed by atoms with van der Waals surface area (Å²) in [6, 6.07) is 7.12. The van der Waals surface area contributed by atoms with Gasteiger partial charge in [0.1, 0.15) is 18.1 Å². The maximum absolute atomic E-state index is 12.8. The number of alkyl halides is 3. The molecule has 25 heavy (non-hydrogen) atoms. The Labute approximate surface area is 143 Å². The molecule has 0 saturated heterocycles. The highest BCUT2D eigenvalue weighted by molar-refractivity contribution is 5.76. The Bertz CT molecular complexity index is 739. The molecule has 0 fully saturated rings. The highest BCUT2D eigenvalue weighted by Crippen LogP contribution is 2.30. The van der Waals surface area contributed by atoms with Gasteiger partial charge in [-0.25, -0.2) is 0 Å². The van der Waals surface area contributed by atoms with Crippen LogP contribution in [0.1, 0.15) is 22.5 Å². The molecule has 0 aliphatic rings. The van der Waals surface area contributed by atoms with Crippen LogP contribution in [0.5, 0.6) is 11.5 Å². The average Bonchev–Trinajstić information content (AvgIpc) is 2.57. The molecule has 1 heterocycles. The summed E-state index contributed by atoms with van der Waals surface area (Å²) in [6.45, 7) is 1.51. The van der Waals surface area contributed by atoms with Gasteiger partial charge in [-0.1, -0.05) is 11.2 Å². The van der Waals surface area contributed by atoms with Crippen LogP contribution in [-0.4, -0.2) is 25.4 Å². The lowest BCUT2D eigenvalue weighted by Gasteiger charge is -2.11. The number of nitrogens with zero attached hydrogens (tertiary/aromatic N) is 2. The highest BCUT2D eigenvalue weighted by atomic mass is 19.4. The summed E-state index contributed by atoms with van der Waals surface area (Å²) >= 11 is 0. The predicted octanol–water partition coefficient (Wildman–Crippen LogP) is 3.98.